The summed E-state index contributed by atoms with van der Waals surface area (Å²) < 4.78 is 4.95. The molecule has 0 aromatic carbocycles. The van der Waals surface area contributed by atoms with E-state index in [4.69, 9.17) is 4.74 Å². The molecular weight excluding hydrogens is 176 g/mol. The Kier molecular flexibility index (Phi) is 2.44. The topological polar surface area (TPSA) is 26.3 Å². The van der Waals surface area contributed by atoms with Gasteiger partial charge in [0.1, 0.15) is 0 Å². The van der Waals surface area contributed by atoms with Crippen LogP contribution in [0.15, 0.2) is 24.3 Å². The lowest BCUT2D eigenvalue weighted by molar-refractivity contribution is -0.138. The molecule has 1 saturated carbocycles. The first-order valence-electron chi connectivity index (χ1n) is 5.28. The van der Waals surface area contributed by atoms with Crippen LogP contribution in [0, 0.1) is 17.8 Å². The number of allylic oxidation sites excluding steroid dienone is 2. The third-order valence-electron chi connectivity index (χ3n) is 3.19. The lowest BCUT2D eigenvalue weighted by Gasteiger charge is -2.03. The lowest BCUT2D eigenvalue weighted by atomic mass is 10.1. The second-order valence-electron chi connectivity index (χ2n) is 4.02. The van der Waals surface area contributed by atoms with Gasteiger partial charge in [0.2, 0.25) is 0 Å². The Balaban J connectivity index is 1.95. The number of carbonyl (C=O) groups is 1. The average molecular weight is 192 g/mol. The van der Waals surface area contributed by atoms with Crippen LogP contribution >= 0.6 is 0 Å². The standard InChI is InChI=1S/C12H16O2/c1-3-14-12(13)8(2)11-9-6-4-5-7-10(9)11/h4,6,9-11H,2-3,5,7H2,1H3. The molecule has 0 aromatic rings. The van der Waals surface area contributed by atoms with Crippen molar-refractivity contribution < 1.29 is 9.53 Å². The molecule has 3 atom stereocenters. The van der Waals surface area contributed by atoms with Crippen molar-refractivity contribution in [1.82, 2.24) is 0 Å². The van der Waals surface area contributed by atoms with Crippen LogP contribution in [0.2, 0.25) is 0 Å². The predicted molar refractivity (Wildman–Crippen MR) is 54.6 cm³/mol. The van der Waals surface area contributed by atoms with E-state index in [0.717, 1.165) is 6.42 Å². The van der Waals surface area contributed by atoms with Gasteiger partial charge in [0, 0.05) is 11.5 Å². The van der Waals surface area contributed by atoms with Gasteiger partial charge in [-0.15, -0.1) is 0 Å². The maximum absolute atomic E-state index is 11.4. The highest BCUT2D eigenvalue weighted by Gasteiger charge is 2.51. The Morgan fingerprint density at radius 2 is 2.43 bits per heavy atom. The van der Waals surface area contributed by atoms with Crippen LogP contribution in [0.25, 0.3) is 0 Å². The van der Waals surface area contributed by atoms with Crippen LogP contribution in [0.1, 0.15) is 19.8 Å². The van der Waals surface area contributed by atoms with Gasteiger partial charge in [0.05, 0.1) is 6.61 Å². The Hall–Kier alpha value is -1.05. The van der Waals surface area contributed by atoms with E-state index in [1.807, 2.05) is 6.92 Å². The highest BCUT2D eigenvalue weighted by Crippen LogP contribution is 2.56. The van der Waals surface area contributed by atoms with E-state index in [0.29, 0.717) is 29.9 Å². The maximum Gasteiger partial charge on any atom is 0.333 e. The fraction of sp³-hybridized carbons (Fsp3) is 0.583. The summed E-state index contributed by atoms with van der Waals surface area (Å²) in [5, 5.41) is 0. The number of carbonyl (C=O) groups excluding carboxylic acids is 1. The Bertz CT molecular complexity index is 291. The Morgan fingerprint density at radius 1 is 1.64 bits per heavy atom. The summed E-state index contributed by atoms with van der Waals surface area (Å²) in [6.07, 6.45) is 6.78. The van der Waals surface area contributed by atoms with Gasteiger partial charge in [-0.2, -0.15) is 0 Å². The molecule has 3 unspecified atom stereocenters. The van der Waals surface area contributed by atoms with E-state index in [2.05, 4.69) is 18.7 Å². The van der Waals surface area contributed by atoms with E-state index in [-0.39, 0.29) is 5.97 Å². The van der Waals surface area contributed by atoms with Crippen molar-refractivity contribution in [2.45, 2.75) is 19.8 Å². The fourth-order valence-corrected chi connectivity index (χ4v) is 2.43. The third kappa shape index (κ3) is 1.49. The third-order valence-corrected chi connectivity index (χ3v) is 3.19. The van der Waals surface area contributed by atoms with Gasteiger partial charge in [0.25, 0.3) is 0 Å². The summed E-state index contributed by atoms with van der Waals surface area (Å²) >= 11 is 0. The first-order valence-corrected chi connectivity index (χ1v) is 5.28. The number of hydrogen-bond donors (Lipinski definition) is 0. The summed E-state index contributed by atoms with van der Waals surface area (Å²) in [5.74, 6) is 1.39. The summed E-state index contributed by atoms with van der Waals surface area (Å²) in [6.45, 7) is 6.12. The van der Waals surface area contributed by atoms with Gasteiger partial charge in [-0.1, -0.05) is 18.7 Å². The number of esters is 1. The fourth-order valence-electron chi connectivity index (χ4n) is 2.43. The quantitative estimate of drug-likeness (QED) is 0.389. The molecule has 0 heterocycles. The molecule has 0 spiro atoms. The molecule has 1 fully saturated rings. The van der Waals surface area contributed by atoms with Crippen LogP contribution in [-0.2, 0) is 9.53 Å². The van der Waals surface area contributed by atoms with E-state index < -0.39 is 0 Å². The molecule has 0 bridgehead atoms. The average Bonchev–Trinajstić information content (AvgIpc) is 2.91. The molecular formula is C12H16O2. The number of fused-ring (bicyclic) bond motifs is 1. The van der Waals surface area contributed by atoms with Crippen molar-refractivity contribution in [3.8, 4) is 0 Å². The first kappa shape index (κ1) is 9.50. The minimum Gasteiger partial charge on any atom is -0.463 e. The smallest absolute Gasteiger partial charge is 0.333 e. The van der Waals surface area contributed by atoms with Crippen molar-refractivity contribution in [2.24, 2.45) is 17.8 Å². The summed E-state index contributed by atoms with van der Waals surface area (Å²) in [5.41, 5.74) is 0.674. The van der Waals surface area contributed by atoms with Gasteiger partial charge >= 0.3 is 5.97 Å². The Labute approximate surface area is 84.6 Å². The molecule has 0 radical (unpaired) electrons. The van der Waals surface area contributed by atoms with Crippen LogP contribution in [0.4, 0.5) is 0 Å². The SMILES string of the molecule is C=C(C(=O)OCC)C1C2C=CCCC21. The first-order chi connectivity index (χ1) is 6.75. The number of rotatable bonds is 3. The van der Waals surface area contributed by atoms with Gasteiger partial charge in [-0.3, -0.25) is 0 Å². The molecule has 2 rings (SSSR count). The van der Waals surface area contributed by atoms with Crippen molar-refractivity contribution in [3.05, 3.63) is 24.3 Å². The minimum atomic E-state index is -0.208. The van der Waals surface area contributed by atoms with E-state index >= 15 is 0 Å². The molecule has 2 nitrogen and oxygen atoms in total. The van der Waals surface area contributed by atoms with Crippen molar-refractivity contribution in [2.75, 3.05) is 6.61 Å². The Morgan fingerprint density at radius 3 is 3.00 bits per heavy atom. The van der Waals surface area contributed by atoms with Crippen LogP contribution in [0.3, 0.4) is 0 Å². The summed E-state index contributed by atoms with van der Waals surface area (Å²) in [4.78, 5) is 11.4. The molecule has 2 aliphatic rings. The van der Waals surface area contributed by atoms with E-state index in [9.17, 15) is 4.79 Å². The zero-order chi connectivity index (χ0) is 10.1. The summed E-state index contributed by atoms with van der Waals surface area (Å²) in [7, 11) is 0. The molecule has 0 N–H and O–H groups in total. The van der Waals surface area contributed by atoms with Gasteiger partial charge < -0.3 is 4.74 Å². The molecule has 14 heavy (non-hydrogen) atoms. The van der Waals surface area contributed by atoms with E-state index in [1.54, 1.807) is 0 Å². The van der Waals surface area contributed by atoms with Crippen molar-refractivity contribution >= 4 is 5.97 Å². The number of ether oxygens (including phenoxy) is 1. The van der Waals surface area contributed by atoms with Gasteiger partial charge in [-0.05, 0) is 31.6 Å². The van der Waals surface area contributed by atoms with Crippen LogP contribution in [0.5, 0.6) is 0 Å². The minimum absolute atomic E-state index is 0.208. The lowest BCUT2D eigenvalue weighted by Crippen LogP contribution is -2.09. The highest BCUT2D eigenvalue weighted by molar-refractivity contribution is 5.89. The van der Waals surface area contributed by atoms with Crippen LogP contribution < -0.4 is 0 Å². The largest absolute Gasteiger partial charge is 0.463 e. The molecule has 0 aliphatic heterocycles. The normalized spacial score (nSPS) is 33.4. The monoisotopic (exact) mass is 192 g/mol. The number of hydrogen-bond acceptors (Lipinski definition) is 2. The van der Waals surface area contributed by atoms with Crippen LogP contribution in [-0.4, -0.2) is 12.6 Å². The molecule has 2 aliphatic carbocycles. The molecule has 76 valence electrons. The maximum atomic E-state index is 11.4. The molecule has 0 aromatic heterocycles. The molecule has 0 saturated heterocycles. The van der Waals surface area contributed by atoms with Crippen molar-refractivity contribution in [3.63, 3.8) is 0 Å². The zero-order valence-corrected chi connectivity index (χ0v) is 8.53. The van der Waals surface area contributed by atoms with Gasteiger partial charge in [-0.25, -0.2) is 4.79 Å². The van der Waals surface area contributed by atoms with E-state index in [1.165, 1.54) is 6.42 Å². The van der Waals surface area contributed by atoms with Gasteiger partial charge in [0.15, 0.2) is 0 Å². The second-order valence-corrected chi connectivity index (χ2v) is 4.02. The molecule has 2 heteroatoms. The zero-order valence-electron chi connectivity index (χ0n) is 8.53. The highest BCUT2D eigenvalue weighted by atomic mass is 16.5. The second kappa shape index (κ2) is 3.60. The molecule has 0 amide bonds. The summed E-state index contributed by atoms with van der Waals surface area (Å²) in [6, 6.07) is 0. The van der Waals surface area contributed by atoms with Crippen molar-refractivity contribution in [1.29, 1.82) is 0 Å². The predicted octanol–water partition coefficient (Wildman–Crippen LogP) is 2.32.